The summed E-state index contributed by atoms with van der Waals surface area (Å²) >= 11 is 0. The molecule has 0 aliphatic carbocycles. The van der Waals surface area contributed by atoms with Gasteiger partial charge in [-0.3, -0.25) is 10.1 Å². The van der Waals surface area contributed by atoms with E-state index in [1.165, 1.54) is 12.2 Å². The van der Waals surface area contributed by atoms with Crippen molar-refractivity contribution in [3.63, 3.8) is 0 Å². The summed E-state index contributed by atoms with van der Waals surface area (Å²) in [5.74, 6) is -0.0189. The zero-order valence-electron chi connectivity index (χ0n) is 21.4. The van der Waals surface area contributed by atoms with Crippen molar-refractivity contribution in [1.82, 2.24) is 0 Å². The molecule has 0 heterocycles. The summed E-state index contributed by atoms with van der Waals surface area (Å²) in [6.45, 7) is 3.88. The van der Waals surface area contributed by atoms with Crippen molar-refractivity contribution in [2.24, 2.45) is 0 Å². The van der Waals surface area contributed by atoms with Gasteiger partial charge in [0.2, 0.25) is 5.91 Å². The summed E-state index contributed by atoms with van der Waals surface area (Å²) in [5, 5.41) is 14.7. The van der Waals surface area contributed by atoms with E-state index < -0.39 is 24.2 Å². The van der Waals surface area contributed by atoms with Crippen molar-refractivity contribution < 1.29 is 28.9 Å². The topological polar surface area (TPSA) is 132 Å². The summed E-state index contributed by atoms with van der Waals surface area (Å²) in [4.78, 5) is 25.6. The van der Waals surface area contributed by atoms with Gasteiger partial charge in [0, 0.05) is 23.9 Å². The molecule has 0 bridgehead atoms. The summed E-state index contributed by atoms with van der Waals surface area (Å²) < 4.78 is 17.5. The van der Waals surface area contributed by atoms with Gasteiger partial charge >= 0.3 is 6.09 Å². The van der Waals surface area contributed by atoms with Gasteiger partial charge < -0.3 is 30.4 Å². The molecule has 0 spiro atoms. The molecule has 3 aromatic rings. The quantitative estimate of drug-likeness (QED) is 0.199. The number of nitrogens with two attached hydrogens (primary N) is 1. The van der Waals surface area contributed by atoms with Crippen LogP contribution in [0.15, 0.2) is 84.9 Å². The highest BCUT2D eigenvalue weighted by atomic mass is 16.6. The molecular formula is C29H33N3O6. The Morgan fingerprint density at radius 3 is 2.42 bits per heavy atom. The van der Waals surface area contributed by atoms with Gasteiger partial charge in [-0.25, -0.2) is 4.79 Å². The SMILES string of the molecule is CCO[C@H](/C=C/C(=O)Nc1ccccc1N)[C@H](OC(=O)Nc1ccc(C)cc1)c1ccccc1OCCO. The molecule has 5 N–H and O–H groups in total. The Kier molecular flexibility index (Phi) is 10.7. The first kappa shape index (κ1) is 28.2. The van der Waals surface area contributed by atoms with E-state index in [2.05, 4.69) is 10.6 Å². The summed E-state index contributed by atoms with van der Waals surface area (Å²) in [5.41, 5.74) is 8.95. The van der Waals surface area contributed by atoms with Gasteiger partial charge in [0.05, 0.1) is 18.0 Å². The highest BCUT2D eigenvalue weighted by Gasteiger charge is 2.29. The molecule has 2 amide bonds. The van der Waals surface area contributed by atoms with Gasteiger partial charge in [-0.2, -0.15) is 0 Å². The molecule has 0 saturated heterocycles. The van der Waals surface area contributed by atoms with Crippen molar-refractivity contribution in [3.05, 3.63) is 96.1 Å². The molecule has 0 aromatic heterocycles. The van der Waals surface area contributed by atoms with Crippen molar-refractivity contribution in [3.8, 4) is 5.75 Å². The molecule has 9 nitrogen and oxygen atoms in total. The normalized spacial score (nSPS) is 12.5. The predicted molar refractivity (Wildman–Crippen MR) is 147 cm³/mol. The smallest absolute Gasteiger partial charge is 0.412 e. The third-order valence-electron chi connectivity index (χ3n) is 5.42. The first-order valence-electron chi connectivity index (χ1n) is 12.2. The Morgan fingerprint density at radius 2 is 1.71 bits per heavy atom. The Bertz CT molecular complexity index is 1230. The van der Waals surface area contributed by atoms with E-state index in [0.717, 1.165) is 5.56 Å². The average molecular weight is 520 g/mol. The lowest BCUT2D eigenvalue weighted by atomic mass is 10.0. The molecule has 0 fully saturated rings. The van der Waals surface area contributed by atoms with Crippen LogP contribution in [0.3, 0.4) is 0 Å². The molecule has 3 aromatic carbocycles. The summed E-state index contributed by atoms with van der Waals surface area (Å²) in [6, 6.07) is 21.2. The van der Waals surface area contributed by atoms with Crippen LogP contribution in [0.1, 0.15) is 24.2 Å². The van der Waals surface area contributed by atoms with Crippen molar-refractivity contribution in [2.45, 2.75) is 26.1 Å². The number of hydrogen-bond donors (Lipinski definition) is 4. The van der Waals surface area contributed by atoms with Crippen molar-refractivity contribution >= 4 is 29.1 Å². The minimum absolute atomic E-state index is 0.0509. The molecule has 3 rings (SSSR count). The Hall–Kier alpha value is -4.34. The third-order valence-corrected chi connectivity index (χ3v) is 5.42. The Balaban J connectivity index is 1.88. The number of nitrogen functional groups attached to an aromatic ring is 1. The Labute approximate surface area is 222 Å². The van der Waals surface area contributed by atoms with Crippen LogP contribution in [0.25, 0.3) is 0 Å². The molecule has 0 radical (unpaired) electrons. The number of aliphatic hydroxyl groups is 1. The first-order valence-corrected chi connectivity index (χ1v) is 12.2. The maximum atomic E-state index is 12.9. The van der Waals surface area contributed by atoms with Crippen LogP contribution < -0.4 is 21.1 Å². The maximum absolute atomic E-state index is 12.9. The van der Waals surface area contributed by atoms with Crippen molar-refractivity contribution in [1.29, 1.82) is 0 Å². The lowest BCUT2D eigenvalue weighted by Gasteiger charge is -2.27. The molecule has 2 atom stereocenters. The van der Waals surface area contributed by atoms with E-state index in [1.54, 1.807) is 67.6 Å². The van der Waals surface area contributed by atoms with E-state index in [1.807, 2.05) is 19.1 Å². The maximum Gasteiger partial charge on any atom is 0.412 e. The number of rotatable bonds is 12. The minimum atomic E-state index is -0.985. The molecule has 9 heteroatoms. The molecule has 0 unspecified atom stereocenters. The molecule has 0 saturated carbocycles. The zero-order valence-corrected chi connectivity index (χ0v) is 21.4. The fraction of sp³-hybridized carbons (Fsp3) is 0.241. The van der Waals surface area contributed by atoms with Gasteiger partial charge in [0.25, 0.3) is 0 Å². The van der Waals surface area contributed by atoms with E-state index in [9.17, 15) is 14.7 Å². The third kappa shape index (κ3) is 8.36. The molecule has 38 heavy (non-hydrogen) atoms. The first-order chi connectivity index (χ1) is 18.4. The number of benzene rings is 3. The number of carbonyl (C=O) groups excluding carboxylic acids is 2. The van der Waals surface area contributed by atoms with Crippen LogP contribution in [-0.2, 0) is 14.3 Å². The van der Waals surface area contributed by atoms with E-state index in [0.29, 0.717) is 28.4 Å². The van der Waals surface area contributed by atoms with Gasteiger partial charge in [-0.1, -0.05) is 48.0 Å². The predicted octanol–water partition coefficient (Wildman–Crippen LogP) is 4.84. The summed E-state index contributed by atoms with van der Waals surface area (Å²) in [7, 11) is 0. The van der Waals surface area contributed by atoms with E-state index in [4.69, 9.17) is 19.9 Å². The number of nitrogens with one attached hydrogen (secondary N) is 2. The molecule has 0 aliphatic rings. The second-order valence-corrected chi connectivity index (χ2v) is 8.28. The van der Waals surface area contributed by atoms with E-state index in [-0.39, 0.29) is 19.8 Å². The number of anilines is 3. The minimum Gasteiger partial charge on any atom is -0.491 e. The highest BCUT2D eigenvalue weighted by Crippen LogP contribution is 2.33. The zero-order chi connectivity index (χ0) is 27.3. The molecular weight excluding hydrogens is 486 g/mol. The van der Waals surface area contributed by atoms with Crippen LogP contribution >= 0.6 is 0 Å². The van der Waals surface area contributed by atoms with Gasteiger partial charge in [-0.05, 0) is 50.3 Å². The monoisotopic (exact) mass is 519 g/mol. The number of ether oxygens (including phenoxy) is 3. The number of amides is 2. The number of para-hydroxylation sites is 3. The van der Waals surface area contributed by atoms with Crippen LogP contribution in [-0.4, -0.2) is 43.0 Å². The van der Waals surface area contributed by atoms with Gasteiger partial charge in [0.1, 0.15) is 18.5 Å². The fourth-order valence-corrected chi connectivity index (χ4v) is 3.61. The second kappa shape index (κ2) is 14.4. The number of hydrogen-bond acceptors (Lipinski definition) is 7. The highest BCUT2D eigenvalue weighted by molar-refractivity contribution is 6.01. The van der Waals surface area contributed by atoms with Crippen LogP contribution in [0.5, 0.6) is 5.75 Å². The summed E-state index contributed by atoms with van der Waals surface area (Å²) in [6.07, 6.45) is 0.279. The number of aliphatic hydroxyl groups excluding tert-OH is 1. The second-order valence-electron chi connectivity index (χ2n) is 8.28. The molecule has 0 aliphatic heterocycles. The van der Waals surface area contributed by atoms with Crippen molar-refractivity contribution in [2.75, 3.05) is 36.2 Å². The molecule has 200 valence electrons. The van der Waals surface area contributed by atoms with E-state index >= 15 is 0 Å². The number of aryl methyl sites for hydroxylation is 1. The van der Waals surface area contributed by atoms with Gasteiger partial charge in [0.15, 0.2) is 6.10 Å². The standard InChI is InChI=1S/C29H33N3O6/c1-3-36-26(16-17-27(34)32-24-10-6-5-9-23(24)30)28(22-8-4-7-11-25(22)37-19-18-33)38-29(35)31-21-14-12-20(2)13-15-21/h4-17,26,28,33H,3,18-19,30H2,1-2H3,(H,31,35)(H,32,34)/b17-16+/t26-,28-/m1/s1. The largest absolute Gasteiger partial charge is 0.491 e. The fourth-order valence-electron chi connectivity index (χ4n) is 3.61. The van der Waals surface area contributed by atoms with Crippen LogP contribution in [0.4, 0.5) is 21.9 Å². The average Bonchev–Trinajstić information content (AvgIpc) is 2.91. The van der Waals surface area contributed by atoms with Gasteiger partial charge in [-0.15, -0.1) is 0 Å². The lowest BCUT2D eigenvalue weighted by molar-refractivity contribution is -0.112. The van der Waals surface area contributed by atoms with Crippen LogP contribution in [0, 0.1) is 6.92 Å². The Morgan fingerprint density at radius 1 is 1.00 bits per heavy atom. The lowest BCUT2D eigenvalue weighted by Crippen LogP contribution is -2.28. The number of carbonyl (C=O) groups is 2. The van der Waals surface area contributed by atoms with Crippen LogP contribution in [0.2, 0.25) is 0 Å².